The molecule has 0 radical (unpaired) electrons. The molecule has 0 bridgehead atoms. The minimum Gasteiger partial charge on any atom is -0.309 e. The zero-order valence-electron chi connectivity index (χ0n) is 37.7. The topological polar surface area (TPSA) is 14.8 Å². The van der Waals surface area contributed by atoms with Gasteiger partial charge < -0.3 is 13.7 Å². The molecule has 0 fully saturated rings. The minimum absolute atomic E-state index is 1.14. The van der Waals surface area contributed by atoms with Gasteiger partial charge in [0.2, 0.25) is 0 Å². The first-order valence-corrected chi connectivity index (χ1v) is 23.7. The van der Waals surface area contributed by atoms with Crippen LogP contribution in [-0.2, 0) is 0 Å². The van der Waals surface area contributed by atoms with Gasteiger partial charge in [-0.25, -0.2) is 0 Å². The van der Waals surface area contributed by atoms with Gasteiger partial charge in [0.15, 0.2) is 0 Å². The molecule has 14 aromatic rings. The average Bonchev–Trinajstić information content (AvgIpc) is 4.06. The van der Waals surface area contributed by atoms with Gasteiger partial charge in [0.1, 0.15) is 0 Å². The van der Waals surface area contributed by atoms with Gasteiger partial charge in [-0.15, -0.1) is 0 Å². The summed E-state index contributed by atoms with van der Waals surface area (Å²) in [4.78, 5) is 0. The van der Waals surface area contributed by atoms with Crippen LogP contribution in [-0.4, -0.2) is 13.7 Å². The second kappa shape index (κ2) is 15.7. The Morgan fingerprint density at radius 2 is 0.435 bits per heavy atom. The lowest BCUT2D eigenvalue weighted by molar-refractivity contribution is 1.17. The summed E-state index contributed by atoms with van der Waals surface area (Å²) in [5.74, 6) is 0. The molecule has 11 aromatic carbocycles. The van der Waals surface area contributed by atoms with Gasteiger partial charge >= 0.3 is 0 Å². The van der Waals surface area contributed by atoms with Gasteiger partial charge in [0.05, 0.1) is 33.1 Å². The van der Waals surface area contributed by atoms with Crippen LogP contribution in [0.4, 0.5) is 0 Å². The Kier molecular flexibility index (Phi) is 8.90. The van der Waals surface area contributed by atoms with E-state index in [1.54, 1.807) is 0 Å². The molecule has 14 rings (SSSR count). The van der Waals surface area contributed by atoms with Crippen molar-refractivity contribution in [3.63, 3.8) is 0 Å². The maximum Gasteiger partial charge on any atom is 0.0542 e. The monoisotopic (exact) mass is 877 g/mol. The second-order valence-electron chi connectivity index (χ2n) is 18.1. The first kappa shape index (κ1) is 39.0. The molecule has 0 saturated carbocycles. The van der Waals surface area contributed by atoms with Crippen LogP contribution in [0, 0.1) is 0 Å². The van der Waals surface area contributed by atoms with Crippen LogP contribution in [0.5, 0.6) is 0 Å². The fraction of sp³-hybridized carbons (Fsp3) is 0. The molecular formula is C66H43N3. The van der Waals surface area contributed by atoms with E-state index in [1.165, 1.54) is 110 Å². The van der Waals surface area contributed by atoms with Crippen LogP contribution in [0.2, 0.25) is 0 Å². The molecule has 3 heterocycles. The van der Waals surface area contributed by atoms with Gasteiger partial charge in [0.25, 0.3) is 0 Å². The lowest BCUT2D eigenvalue weighted by atomic mass is 9.98. The van der Waals surface area contributed by atoms with Crippen LogP contribution in [0.3, 0.4) is 0 Å². The van der Waals surface area contributed by atoms with Crippen molar-refractivity contribution in [2.24, 2.45) is 0 Å². The van der Waals surface area contributed by atoms with Crippen LogP contribution in [0.1, 0.15) is 0 Å². The molecule has 0 unspecified atom stereocenters. The van der Waals surface area contributed by atoms with E-state index in [0.717, 1.165) is 17.1 Å². The van der Waals surface area contributed by atoms with Crippen LogP contribution >= 0.6 is 0 Å². The van der Waals surface area contributed by atoms with Crippen LogP contribution in [0.15, 0.2) is 261 Å². The summed E-state index contributed by atoms with van der Waals surface area (Å²) in [5.41, 5.74) is 20.2. The maximum atomic E-state index is 2.46. The Morgan fingerprint density at radius 1 is 0.159 bits per heavy atom. The van der Waals surface area contributed by atoms with E-state index in [-0.39, 0.29) is 0 Å². The predicted octanol–water partition coefficient (Wildman–Crippen LogP) is 17.6. The SMILES string of the molecule is c1ccc(-c2ccc(-n3c4ccc(-c5ccccc5)cc4c4cc(-c5ccc6c(c5)c5cc(-c7ccccc7)ccc5n6-c5ccc6c(c5)c5ccccc5n6-c5ccccc5)ccc43)cc2)cc1. The number of fused-ring (bicyclic) bond motifs is 9. The van der Waals surface area contributed by atoms with Crippen molar-refractivity contribution in [3.05, 3.63) is 261 Å². The standard InChI is InChI=1S/C66H43N3/c1-5-15-44(16-6-1)47-25-31-53(32-26-47)68-62-34-27-48(45-17-7-2-8-18-45)39-56(62)58-41-50(29-36-63(58)68)51-30-37-65-59(42-51)57-40-49(46-19-9-3-10-20-46)28-35-64(57)69(65)54-33-38-66-60(43-54)55-23-13-14-24-61(55)67(66)52-21-11-4-12-22-52/h1-43H. The molecule has 322 valence electrons. The number of nitrogens with zero attached hydrogens (tertiary/aromatic N) is 3. The molecule has 0 aliphatic rings. The van der Waals surface area contributed by atoms with Crippen molar-refractivity contribution in [2.75, 3.05) is 0 Å². The molecule has 69 heavy (non-hydrogen) atoms. The average molecular weight is 878 g/mol. The minimum atomic E-state index is 1.14. The van der Waals surface area contributed by atoms with Crippen molar-refractivity contribution < 1.29 is 0 Å². The summed E-state index contributed by atoms with van der Waals surface area (Å²) in [6.07, 6.45) is 0. The van der Waals surface area contributed by atoms with E-state index in [1.807, 2.05) is 0 Å². The summed E-state index contributed by atoms with van der Waals surface area (Å²) >= 11 is 0. The lowest BCUT2D eigenvalue weighted by Crippen LogP contribution is -1.95. The zero-order chi connectivity index (χ0) is 45.4. The van der Waals surface area contributed by atoms with Crippen molar-refractivity contribution in [1.29, 1.82) is 0 Å². The highest BCUT2D eigenvalue weighted by Crippen LogP contribution is 2.42. The van der Waals surface area contributed by atoms with E-state index in [9.17, 15) is 0 Å². The molecule has 0 atom stereocenters. The Morgan fingerprint density at radius 3 is 0.899 bits per heavy atom. The number of aromatic nitrogens is 3. The first-order chi connectivity index (χ1) is 34.2. The molecule has 0 N–H and O–H groups in total. The molecule has 3 heteroatoms. The molecule has 0 saturated heterocycles. The molecule has 0 amide bonds. The molecular weight excluding hydrogens is 835 g/mol. The summed E-state index contributed by atoms with van der Waals surface area (Å²) in [7, 11) is 0. The van der Waals surface area contributed by atoms with E-state index in [4.69, 9.17) is 0 Å². The Balaban J connectivity index is 0.961. The fourth-order valence-corrected chi connectivity index (χ4v) is 11.0. The van der Waals surface area contributed by atoms with E-state index < -0.39 is 0 Å². The molecule has 3 aromatic heterocycles. The van der Waals surface area contributed by atoms with Crippen LogP contribution < -0.4 is 0 Å². The van der Waals surface area contributed by atoms with Gasteiger partial charge in [-0.1, -0.05) is 164 Å². The first-order valence-electron chi connectivity index (χ1n) is 23.7. The summed E-state index contributed by atoms with van der Waals surface area (Å²) in [6, 6.07) is 95.5. The third-order valence-electron chi connectivity index (χ3n) is 14.2. The molecule has 0 spiro atoms. The summed E-state index contributed by atoms with van der Waals surface area (Å²) in [5, 5.41) is 7.38. The third-order valence-corrected chi connectivity index (χ3v) is 14.2. The number of rotatable bonds is 7. The van der Waals surface area contributed by atoms with Crippen molar-refractivity contribution in [2.45, 2.75) is 0 Å². The van der Waals surface area contributed by atoms with Crippen molar-refractivity contribution in [3.8, 4) is 61.6 Å². The summed E-state index contributed by atoms with van der Waals surface area (Å²) in [6.45, 7) is 0. The number of para-hydroxylation sites is 2. The van der Waals surface area contributed by atoms with Gasteiger partial charge in [0, 0.05) is 49.4 Å². The molecule has 3 nitrogen and oxygen atoms in total. The zero-order valence-corrected chi connectivity index (χ0v) is 37.7. The third kappa shape index (κ3) is 6.36. The van der Waals surface area contributed by atoms with E-state index >= 15 is 0 Å². The highest BCUT2D eigenvalue weighted by atomic mass is 15.0. The molecule has 0 aliphatic heterocycles. The fourth-order valence-electron chi connectivity index (χ4n) is 11.0. The van der Waals surface area contributed by atoms with Crippen LogP contribution in [0.25, 0.3) is 127 Å². The van der Waals surface area contributed by atoms with Gasteiger partial charge in [-0.2, -0.15) is 0 Å². The van der Waals surface area contributed by atoms with E-state index in [0.29, 0.717) is 0 Å². The maximum absolute atomic E-state index is 2.46. The summed E-state index contributed by atoms with van der Waals surface area (Å²) < 4.78 is 7.27. The molecule has 0 aliphatic carbocycles. The quantitative estimate of drug-likeness (QED) is 0.152. The number of benzene rings is 11. The van der Waals surface area contributed by atoms with E-state index in [2.05, 4.69) is 275 Å². The normalized spacial score (nSPS) is 11.8. The predicted molar refractivity (Wildman–Crippen MR) is 291 cm³/mol. The lowest BCUT2D eigenvalue weighted by Gasteiger charge is -2.11. The largest absolute Gasteiger partial charge is 0.309 e. The highest BCUT2D eigenvalue weighted by Gasteiger charge is 2.20. The van der Waals surface area contributed by atoms with Crippen molar-refractivity contribution in [1.82, 2.24) is 13.7 Å². The number of hydrogen-bond acceptors (Lipinski definition) is 0. The smallest absolute Gasteiger partial charge is 0.0542 e. The second-order valence-corrected chi connectivity index (χ2v) is 18.1. The number of hydrogen-bond donors (Lipinski definition) is 0. The highest BCUT2D eigenvalue weighted by molar-refractivity contribution is 6.15. The van der Waals surface area contributed by atoms with Gasteiger partial charge in [-0.05, 0) is 142 Å². The van der Waals surface area contributed by atoms with Gasteiger partial charge in [-0.3, -0.25) is 0 Å². The Hall–Kier alpha value is -9.18. The van der Waals surface area contributed by atoms with Crippen molar-refractivity contribution >= 4 is 65.4 Å². The Labute approximate surface area is 399 Å². The Bertz CT molecular complexity index is 4250.